The van der Waals surface area contributed by atoms with Crippen LogP contribution in [-0.4, -0.2) is 10.7 Å². The number of hydrogen-bond donors (Lipinski definition) is 1. The first-order valence-electron chi connectivity index (χ1n) is 12.9. The van der Waals surface area contributed by atoms with Crippen LogP contribution in [-0.2, 0) is 6.42 Å². The second-order valence-corrected chi connectivity index (χ2v) is 11.3. The van der Waals surface area contributed by atoms with Crippen LogP contribution in [0, 0.1) is 36.5 Å². The summed E-state index contributed by atoms with van der Waals surface area (Å²) in [4.78, 5) is 11.3. The van der Waals surface area contributed by atoms with Gasteiger partial charge in [0.25, 0.3) is 0 Å². The highest BCUT2D eigenvalue weighted by atomic mass is 16.5. The van der Waals surface area contributed by atoms with Crippen LogP contribution >= 0.6 is 0 Å². The van der Waals surface area contributed by atoms with Crippen molar-refractivity contribution in [3.63, 3.8) is 0 Å². The Balaban J connectivity index is 1.78. The molecule has 0 aliphatic carbocycles. The zero-order chi connectivity index (χ0) is 23.9. The molecular weight excluding hydrogens is 398 g/mol. The molecule has 0 aromatic heterocycles. The topological polar surface area (TPSA) is 58.9 Å². The maximum Gasteiger partial charge on any atom is 0.156 e. The van der Waals surface area contributed by atoms with Gasteiger partial charge in [0.2, 0.25) is 0 Å². The van der Waals surface area contributed by atoms with Gasteiger partial charge in [0.05, 0.1) is 0 Å². The van der Waals surface area contributed by atoms with Gasteiger partial charge in [-0.05, 0) is 80.5 Å². The number of fused-ring (bicyclic) bond motifs is 1. The summed E-state index contributed by atoms with van der Waals surface area (Å²) in [5.41, 5.74) is 2.33. The van der Waals surface area contributed by atoms with Crippen LogP contribution < -0.4 is 4.74 Å². The molecule has 1 heterocycles. The molecule has 1 aromatic rings. The monoisotopic (exact) mass is 445 g/mol. The van der Waals surface area contributed by atoms with E-state index in [0.717, 1.165) is 60.3 Å². The van der Waals surface area contributed by atoms with Crippen molar-refractivity contribution >= 4 is 5.69 Å². The number of aromatic hydroxyl groups is 1. The van der Waals surface area contributed by atoms with Crippen LogP contribution in [0.25, 0.3) is 0 Å². The van der Waals surface area contributed by atoms with Gasteiger partial charge < -0.3 is 9.84 Å². The minimum Gasteiger partial charge on any atom is -0.505 e. The lowest BCUT2D eigenvalue weighted by molar-refractivity contribution is 0.0516. The van der Waals surface area contributed by atoms with Crippen LogP contribution in [0.3, 0.4) is 0 Å². The van der Waals surface area contributed by atoms with Crippen molar-refractivity contribution in [1.29, 1.82) is 0 Å². The van der Waals surface area contributed by atoms with Gasteiger partial charge in [-0.15, -0.1) is 4.91 Å². The summed E-state index contributed by atoms with van der Waals surface area (Å²) in [6.07, 6.45) is 13.1. The normalized spacial score (nSPS) is 20.0. The third-order valence-electron chi connectivity index (χ3n) is 7.66. The van der Waals surface area contributed by atoms with E-state index >= 15 is 0 Å². The minimum atomic E-state index is -0.216. The van der Waals surface area contributed by atoms with E-state index in [-0.39, 0.29) is 17.0 Å². The van der Waals surface area contributed by atoms with E-state index in [4.69, 9.17) is 4.74 Å². The summed E-state index contributed by atoms with van der Waals surface area (Å²) in [5, 5.41) is 13.4. The molecule has 4 nitrogen and oxygen atoms in total. The van der Waals surface area contributed by atoms with E-state index in [1.54, 1.807) is 0 Å². The van der Waals surface area contributed by atoms with Gasteiger partial charge in [0.1, 0.15) is 17.1 Å². The lowest BCUT2D eigenvalue weighted by Gasteiger charge is -2.37. The predicted octanol–water partition coefficient (Wildman–Crippen LogP) is 8.93. The van der Waals surface area contributed by atoms with E-state index in [1.807, 2.05) is 13.8 Å². The summed E-state index contributed by atoms with van der Waals surface area (Å²) >= 11 is 0. The molecule has 0 spiro atoms. The number of ether oxygens (including phenoxy) is 1. The summed E-state index contributed by atoms with van der Waals surface area (Å²) in [5.74, 6) is 3.21. The van der Waals surface area contributed by atoms with E-state index in [9.17, 15) is 10.0 Å². The molecule has 0 radical (unpaired) electrons. The van der Waals surface area contributed by atoms with Crippen LogP contribution in [0.2, 0.25) is 0 Å². The van der Waals surface area contributed by atoms with Gasteiger partial charge in [-0.2, -0.15) is 0 Å². The first kappa shape index (κ1) is 26.7. The molecule has 1 N–H and O–H groups in total. The predicted molar refractivity (Wildman–Crippen MR) is 135 cm³/mol. The molecule has 32 heavy (non-hydrogen) atoms. The van der Waals surface area contributed by atoms with E-state index in [1.165, 1.54) is 44.9 Å². The fourth-order valence-electron chi connectivity index (χ4n) is 5.14. The minimum absolute atomic E-state index is 0.00604. The summed E-state index contributed by atoms with van der Waals surface area (Å²) in [7, 11) is 0. The molecule has 3 atom stereocenters. The Morgan fingerprint density at radius 3 is 2.06 bits per heavy atom. The summed E-state index contributed by atoms with van der Waals surface area (Å²) in [6, 6.07) is 0. The summed E-state index contributed by atoms with van der Waals surface area (Å²) in [6.45, 7) is 15.4. The van der Waals surface area contributed by atoms with Crippen molar-refractivity contribution in [2.24, 2.45) is 22.9 Å². The largest absolute Gasteiger partial charge is 0.505 e. The third-order valence-corrected chi connectivity index (χ3v) is 7.66. The van der Waals surface area contributed by atoms with E-state index in [0.29, 0.717) is 5.56 Å². The highest BCUT2D eigenvalue weighted by Gasteiger charge is 2.35. The maximum atomic E-state index is 11.3. The first-order chi connectivity index (χ1) is 15.1. The molecule has 0 bridgehead atoms. The lowest BCUT2D eigenvalue weighted by atomic mass is 9.84. The highest BCUT2D eigenvalue weighted by Crippen LogP contribution is 2.48. The number of nitroso groups, excluding NO2 is 1. The summed E-state index contributed by atoms with van der Waals surface area (Å²) < 4.78 is 6.47. The number of phenolic OH excluding ortho intramolecular Hbond substituents is 1. The van der Waals surface area contributed by atoms with Crippen LogP contribution in [0.1, 0.15) is 116 Å². The number of benzene rings is 1. The zero-order valence-electron chi connectivity index (χ0n) is 21.7. The highest BCUT2D eigenvalue weighted by molar-refractivity contribution is 5.69. The van der Waals surface area contributed by atoms with Gasteiger partial charge in [-0.25, -0.2) is 0 Å². The smallest absolute Gasteiger partial charge is 0.156 e. The number of hydrogen-bond acceptors (Lipinski definition) is 4. The average molecular weight is 446 g/mol. The lowest BCUT2D eigenvalue weighted by Crippen LogP contribution is -2.36. The Morgan fingerprint density at radius 2 is 1.50 bits per heavy atom. The number of nitrogens with zero attached hydrogens (tertiary/aromatic N) is 1. The van der Waals surface area contributed by atoms with Gasteiger partial charge in [-0.1, -0.05) is 72.6 Å². The molecule has 0 unspecified atom stereocenters. The number of phenols is 1. The van der Waals surface area contributed by atoms with Gasteiger partial charge >= 0.3 is 0 Å². The third kappa shape index (κ3) is 7.22. The maximum absolute atomic E-state index is 11.3. The molecule has 4 heteroatoms. The Morgan fingerprint density at radius 1 is 0.938 bits per heavy atom. The SMILES string of the molecule is Cc1c(C)c2c(c(N=O)c1O)CC[C@@](C)(CCC[C@H](C)CCC[C@H](C)CCCC(C)C)O2. The first-order valence-corrected chi connectivity index (χ1v) is 12.9. The second-order valence-electron chi connectivity index (χ2n) is 11.3. The zero-order valence-corrected chi connectivity index (χ0v) is 21.7. The van der Waals surface area contributed by atoms with Crippen LogP contribution in [0.4, 0.5) is 5.69 Å². The Kier molecular flexibility index (Phi) is 10.0. The van der Waals surface area contributed by atoms with Gasteiger partial charge in [0, 0.05) is 5.56 Å². The molecule has 2 rings (SSSR count). The molecule has 0 amide bonds. The molecular formula is C28H47NO3. The van der Waals surface area contributed by atoms with Crippen molar-refractivity contribution in [2.45, 2.75) is 125 Å². The van der Waals surface area contributed by atoms with Crippen molar-refractivity contribution in [2.75, 3.05) is 0 Å². The molecule has 1 aliphatic rings. The van der Waals surface area contributed by atoms with Gasteiger partial charge in [-0.3, -0.25) is 0 Å². The average Bonchev–Trinajstić information content (AvgIpc) is 2.73. The van der Waals surface area contributed by atoms with Gasteiger partial charge in [0.15, 0.2) is 5.69 Å². The Bertz CT molecular complexity index is 758. The van der Waals surface area contributed by atoms with Crippen molar-refractivity contribution < 1.29 is 9.84 Å². The molecule has 0 fully saturated rings. The van der Waals surface area contributed by atoms with Crippen molar-refractivity contribution in [1.82, 2.24) is 0 Å². The van der Waals surface area contributed by atoms with Crippen molar-refractivity contribution in [3.05, 3.63) is 21.6 Å². The fourth-order valence-corrected chi connectivity index (χ4v) is 5.14. The standard InChI is InChI=1S/C28H47NO3/c1-19(2)11-8-12-20(3)13-9-14-21(4)15-10-17-28(7)18-16-24-25(29-31)26(30)22(5)23(6)27(24)32-28/h19-21,30H,8-18H2,1-7H3/t20-,21-,28-/m1/s1. The fraction of sp³-hybridized carbons (Fsp3) is 0.786. The molecule has 0 saturated heterocycles. The Hall–Kier alpha value is -1.58. The molecule has 0 saturated carbocycles. The van der Waals surface area contributed by atoms with E-state index < -0.39 is 0 Å². The quantitative estimate of drug-likeness (QED) is 0.308. The number of rotatable bonds is 13. The Labute approximate surface area is 196 Å². The van der Waals surface area contributed by atoms with Crippen molar-refractivity contribution in [3.8, 4) is 11.5 Å². The molecule has 182 valence electrons. The van der Waals surface area contributed by atoms with E-state index in [2.05, 4.69) is 39.8 Å². The second kappa shape index (κ2) is 12.0. The molecule has 1 aromatic carbocycles. The van der Waals surface area contributed by atoms with Crippen LogP contribution in [0.15, 0.2) is 5.18 Å². The van der Waals surface area contributed by atoms with Crippen LogP contribution in [0.5, 0.6) is 11.5 Å². The molecule has 1 aliphatic heterocycles.